The lowest BCUT2D eigenvalue weighted by atomic mass is 9.78. The molecule has 0 radical (unpaired) electrons. The van der Waals surface area contributed by atoms with Gasteiger partial charge in [-0.2, -0.15) is 0 Å². The van der Waals surface area contributed by atoms with Crippen LogP contribution in [0.1, 0.15) is 23.2 Å². The van der Waals surface area contributed by atoms with Gasteiger partial charge in [0.05, 0.1) is 11.7 Å². The highest BCUT2D eigenvalue weighted by Gasteiger charge is 2.44. The second-order valence-electron chi connectivity index (χ2n) is 8.74. The number of nitrogens with zero attached hydrogens (tertiary/aromatic N) is 3. The molecule has 3 aliphatic rings. The number of aliphatic hydroxyl groups excluding tert-OH is 1. The second kappa shape index (κ2) is 7.92. The second-order valence-corrected chi connectivity index (χ2v) is 8.74. The molecule has 1 saturated heterocycles. The van der Waals surface area contributed by atoms with Crippen molar-refractivity contribution in [3.8, 4) is 17.2 Å². The first-order chi connectivity index (χ1) is 15.0. The minimum Gasteiger partial charge on any atom is -0.488 e. The molecule has 1 aromatic carbocycles. The molecule has 0 spiro atoms. The molecule has 31 heavy (non-hydrogen) atoms. The van der Waals surface area contributed by atoms with E-state index in [1.165, 1.54) is 0 Å². The Balaban J connectivity index is 1.23. The Kier molecular flexibility index (Phi) is 5.09. The third-order valence-corrected chi connectivity index (χ3v) is 6.46. The zero-order valence-corrected chi connectivity index (χ0v) is 17.7. The van der Waals surface area contributed by atoms with Gasteiger partial charge in [-0.05, 0) is 48.9 Å². The van der Waals surface area contributed by atoms with Crippen molar-refractivity contribution in [2.45, 2.75) is 25.0 Å². The van der Waals surface area contributed by atoms with Gasteiger partial charge in [0.1, 0.15) is 17.7 Å². The van der Waals surface area contributed by atoms with E-state index in [4.69, 9.17) is 14.2 Å². The van der Waals surface area contributed by atoms with Crippen LogP contribution in [0.3, 0.4) is 0 Å². The van der Waals surface area contributed by atoms with Gasteiger partial charge >= 0.3 is 0 Å². The van der Waals surface area contributed by atoms with E-state index in [2.05, 4.69) is 4.98 Å². The molecule has 1 N–H and O–H groups in total. The van der Waals surface area contributed by atoms with Gasteiger partial charge in [-0.1, -0.05) is 0 Å². The number of carbonyl (C=O) groups is 1. The first-order valence-electron chi connectivity index (χ1n) is 10.6. The summed E-state index contributed by atoms with van der Waals surface area (Å²) in [7, 11) is 3.84. The number of rotatable bonds is 4. The topological polar surface area (TPSA) is 84.4 Å². The highest BCUT2D eigenvalue weighted by molar-refractivity contribution is 5.94. The van der Waals surface area contributed by atoms with Crippen LogP contribution in [-0.2, 0) is 0 Å². The fraction of sp³-hybridized carbons (Fsp3) is 0.478. The predicted octanol–water partition coefficient (Wildman–Crippen LogP) is 2.17. The molecule has 0 bridgehead atoms. The molecule has 2 fully saturated rings. The van der Waals surface area contributed by atoms with E-state index in [1.54, 1.807) is 12.3 Å². The minimum atomic E-state index is -0.567. The SMILES string of the molecule is CN(C)c1ccc(C(=O)N2C[C@H]3C[C@@H](Oc4ccc5c(c4)OCO5)[C@H](O)C[C@H]3C2)cn1. The molecule has 2 aromatic rings. The standard InChI is InChI=1S/C23H27N3O5/c1-25(2)22-6-3-14(10-24-22)23(28)26-11-15-7-18(27)20(8-16(15)12-26)31-17-4-5-19-21(9-17)30-13-29-19/h3-6,9-10,15-16,18,20,27H,7-8,11-13H2,1-2H3/t15-,16+,18+,20+/m0/s1. The van der Waals surface area contributed by atoms with Crippen molar-refractivity contribution in [3.63, 3.8) is 0 Å². The summed E-state index contributed by atoms with van der Waals surface area (Å²) in [5.41, 5.74) is 0.595. The van der Waals surface area contributed by atoms with Gasteiger partial charge in [0.2, 0.25) is 6.79 Å². The van der Waals surface area contributed by atoms with E-state index in [1.807, 2.05) is 48.2 Å². The molecule has 164 valence electrons. The van der Waals surface area contributed by atoms with Gasteiger partial charge in [-0.25, -0.2) is 4.98 Å². The van der Waals surface area contributed by atoms with Crippen LogP contribution in [0.2, 0.25) is 0 Å². The number of hydrogen-bond acceptors (Lipinski definition) is 7. The van der Waals surface area contributed by atoms with Crippen LogP contribution >= 0.6 is 0 Å². The molecule has 2 aliphatic heterocycles. The van der Waals surface area contributed by atoms with Gasteiger partial charge in [-0.3, -0.25) is 4.79 Å². The molecule has 8 heteroatoms. The van der Waals surface area contributed by atoms with Gasteiger partial charge in [0.25, 0.3) is 5.91 Å². The van der Waals surface area contributed by atoms with Crippen LogP contribution in [0.15, 0.2) is 36.5 Å². The van der Waals surface area contributed by atoms with E-state index in [9.17, 15) is 9.90 Å². The number of benzene rings is 1. The zero-order chi connectivity index (χ0) is 21.5. The van der Waals surface area contributed by atoms with E-state index < -0.39 is 6.10 Å². The summed E-state index contributed by atoms with van der Waals surface area (Å²) in [6.07, 6.45) is 2.10. The minimum absolute atomic E-state index is 0.00469. The first-order valence-corrected chi connectivity index (χ1v) is 10.6. The maximum absolute atomic E-state index is 13.0. The summed E-state index contributed by atoms with van der Waals surface area (Å²) < 4.78 is 16.9. The maximum Gasteiger partial charge on any atom is 0.255 e. The van der Waals surface area contributed by atoms with Crippen LogP contribution in [-0.4, -0.2) is 67.1 Å². The van der Waals surface area contributed by atoms with Gasteiger partial charge in [0.15, 0.2) is 11.5 Å². The molecule has 5 rings (SSSR count). The lowest BCUT2D eigenvalue weighted by Gasteiger charge is -2.35. The fourth-order valence-electron chi connectivity index (χ4n) is 4.77. The van der Waals surface area contributed by atoms with Crippen LogP contribution in [0, 0.1) is 11.8 Å². The Morgan fingerprint density at radius 3 is 2.65 bits per heavy atom. The van der Waals surface area contributed by atoms with E-state index in [0.717, 1.165) is 5.82 Å². The number of amides is 1. The summed E-state index contributed by atoms with van der Waals surface area (Å²) in [5.74, 6) is 3.42. The van der Waals surface area contributed by atoms with E-state index in [0.29, 0.717) is 54.7 Å². The van der Waals surface area contributed by atoms with Crippen molar-refractivity contribution in [1.29, 1.82) is 0 Å². The lowest BCUT2D eigenvalue weighted by Crippen LogP contribution is -2.42. The number of anilines is 1. The average molecular weight is 425 g/mol. The normalized spacial score (nSPS) is 26.5. The van der Waals surface area contributed by atoms with Crippen molar-refractivity contribution in [1.82, 2.24) is 9.88 Å². The number of likely N-dealkylation sites (tertiary alicyclic amines) is 1. The van der Waals surface area contributed by atoms with Crippen molar-refractivity contribution >= 4 is 11.7 Å². The smallest absolute Gasteiger partial charge is 0.255 e. The number of hydrogen-bond donors (Lipinski definition) is 1. The predicted molar refractivity (Wildman–Crippen MR) is 114 cm³/mol. The number of aliphatic hydroxyl groups is 1. The Hall–Kier alpha value is -3.00. The van der Waals surface area contributed by atoms with Crippen LogP contribution in [0.5, 0.6) is 17.2 Å². The average Bonchev–Trinajstić information content (AvgIpc) is 3.39. The summed E-state index contributed by atoms with van der Waals surface area (Å²) in [6.45, 7) is 1.55. The number of fused-ring (bicyclic) bond motifs is 2. The molecular weight excluding hydrogens is 398 g/mol. The van der Waals surface area contributed by atoms with Crippen LogP contribution in [0.25, 0.3) is 0 Å². The number of ether oxygens (including phenoxy) is 3. The Labute approximate surface area is 181 Å². The molecule has 0 unspecified atom stereocenters. The van der Waals surface area contributed by atoms with Gasteiger partial charge in [-0.15, -0.1) is 0 Å². The van der Waals surface area contributed by atoms with Gasteiger partial charge in [0, 0.05) is 39.4 Å². The largest absolute Gasteiger partial charge is 0.488 e. The highest BCUT2D eigenvalue weighted by Crippen LogP contribution is 2.40. The highest BCUT2D eigenvalue weighted by atomic mass is 16.7. The summed E-state index contributed by atoms with van der Waals surface area (Å²) >= 11 is 0. The monoisotopic (exact) mass is 425 g/mol. The van der Waals surface area contributed by atoms with E-state index >= 15 is 0 Å². The Bertz CT molecular complexity index is 964. The molecule has 1 aliphatic carbocycles. The number of aromatic nitrogens is 1. The summed E-state index contributed by atoms with van der Waals surface area (Å²) in [5, 5.41) is 10.7. The number of carbonyl (C=O) groups excluding carboxylic acids is 1. The summed E-state index contributed by atoms with van der Waals surface area (Å²) in [4.78, 5) is 21.1. The Morgan fingerprint density at radius 1 is 1.13 bits per heavy atom. The fourth-order valence-corrected chi connectivity index (χ4v) is 4.77. The molecule has 3 heterocycles. The van der Waals surface area contributed by atoms with Gasteiger partial charge < -0.3 is 29.1 Å². The van der Waals surface area contributed by atoms with Crippen molar-refractivity contribution in [3.05, 3.63) is 42.1 Å². The molecule has 8 nitrogen and oxygen atoms in total. The van der Waals surface area contributed by atoms with Crippen molar-refractivity contribution in [2.24, 2.45) is 11.8 Å². The van der Waals surface area contributed by atoms with E-state index in [-0.39, 0.29) is 24.7 Å². The number of pyridine rings is 1. The maximum atomic E-state index is 13.0. The van der Waals surface area contributed by atoms with Crippen LogP contribution < -0.4 is 19.1 Å². The third kappa shape index (κ3) is 3.87. The van der Waals surface area contributed by atoms with Crippen molar-refractivity contribution < 1.29 is 24.1 Å². The van der Waals surface area contributed by atoms with Crippen LogP contribution in [0.4, 0.5) is 5.82 Å². The molecule has 1 aromatic heterocycles. The quantitative estimate of drug-likeness (QED) is 0.804. The Morgan fingerprint density at radius 2 is 1.90 bits per heavy atom. The van der Waals surface area contributed by atoms with Crippen molar-refractivity contribution in [2.75, 3.05) is 38.9 Å². The molecular formula is C23H27N3O5. The molecule has 4 atom stereocenters. The zero-order valence-electron chi connectivity index (χ0n) is 17.7. The molecule has 1 saturated carbocycles. The first kappa shape index (κ1) is 19.9. The lowest BCUT2D eigenvalue weighted by molar-refractivity contribution is -0.0232. The third-order valence-electron chi connectivity index (χ3n) is 6.46. The summed E-state index contributed by atoms with van der Waals surface area (Å²) in [6, 6.07) is 9.14. The molecule has 1 amide bonds.